The summed E-state index contributed by atoms with van der Waals surface area (Å²) in [5.41, 5.74) is 6.18. The second-order valence-corrected chi connectivity index (χ2v) is 9.95. The van der Waals surface area contributed by atoms with Gasteiger partial charge < -0.3 is 4.74 Å². The molecule has 0 aliphatic carbocycles. The summed E-state index contributed by atoms with van der Waals surface area (Å²) >= 11 is 1.36. The summed E-state index contributed by atoms with van der Waals surface area (Å²) in [5.74, 6) is 0.575. The third-order valence-corrected chi connectivity index (χ3v) is 7.04. The average Bonchev–Trinajstić information content (AvgIpc) is 3.24. The van der Waals surface area contributed by atoms with E-state index < -0.39 is 0 Å². The minimum atomic E-state index is -0.113. The Balaban J connectivity index is 1.38. The predicted molar refractivity (Wildman–Crippen MR) is 154 cm³/mol. The number of rotatable bonds is 6. The minimum absolute atomic E-state index is 0.113. The number of carbonyl (C=O) groups is 1. The van der Waals surface area contributed by atoms with Gasteiger partial charge in [0.05, 0.1) is 27.9 Å². The first-order chi connectivity index (χ1) is 18.5. The number of benzene rings is 4. The molecule has 0 atom stereocenters. The molecule has 0 bridgehead atoms. The number of aliphatic imine (C=N–C) groups is 1. The van der Waals surface area contributed by atoms with Crippen LogP contribution in [0.1, 0.15) is 27.8 Å². The highest BCUT2D eigenvalue weighted by atomic mass is 32.2. The molecule has 0 unspecified atom stereocenters. The molecule has 0 saturated carbocycles. The van der Waals surface area contributed by atoms with Gasteiger partial charge in [-0.1, -0.05) is 65.7 Å². The highest BCUT2D eigenvalue weighted by Gasteiger charge is 2.34. The van der Waals surface area contributed by atoms with Crippen LogP contribution in [0, 0.1) is 25.2 Å². The largest absolute Gasteiger partial charge is 0.489 e. The molecule has 1 aliphatic rings. The Morgan fingerprint density at radius 1 is 0.895 bits per heavy atom. The smallest absolute Gasteiger partial charge is 0.271 e. The summed E-state index contributed by atoms with van der Waals surface area (Å²) < 4.78 is 5.89. The van der Waals surface area contributed by atoms with Gasteiger partial charge in [0, 0.05) is 5.56 Å². The summed E-state index contributed by atoms with van der Waals surface area (Å²) in [6.07, 6.45) is 1.88. The Morgan fingerprint density at radius 3 is 2.24 bits per heavy atom. The first kappa shape index (κ1) is 25.1. The Bertz CT molecular complexity index is 1570. The third kappa shape index (κ3) is 5.69. The third-order valence-electron chi connectivity index (χ3n) is 6.07. The van der Waals surface area contributed by atoms with Gasteiger partial charge in [0.15, 0.2) is 5.17 Å². The lowest BCUT2D eigenvalue weighted by Crippen LogP contribution is -2.28. The van der Waals surface area contributed by atoms with Gasteiger partial charge in [-0.2, -0.15) is 5.26 Å². The van der Waals surface area contributed by atoms with Crippen molar-refractivity contribution in [3.05, 3.63) is 130 Å². The first-order valence-electron chi connectivity index (χ1n) is 12.2. The molecule has 0 radical (unpaired) electrons. The van der Waals surface area contributed by atoms with Gasteiger partial charge in [-0.05, 0) is 79.7 Å². The molecule has 1 amide bonds. The van der Waals surface area contributed by atoms with Gasteiger partial charge in [0.2, 0.25) is 0 Å². The Morgan fingerprint density at radius 2 is 1.55 bits per heavy atom. The highest BCUT2D eigenvalue weighted by Crippen LogP contribution is 2.37. The molecule has 38 heavy (non-hydrogen) atoms. The van der Waals surface area contributed by atoms with E-state index in [-0.39, 0.29) is 5.91 Å². The number of anilines is 1. The monoisotopic (exact) mass is 515 g/mol. The average molecular weight is 516 g/mol. The van der Waals surface area contributed by atoms with E-state index in [1.54, 1.807) is 11.0 Å². The first-order valence-corrected chi connectivity index (χ1v) is 13.0. The zero-order valence-corrected chi connectivity index (χ0v) is 21.9. The van der Waals surface area contributed by atoms with Crippen molar-refractivity contribution in [2.24, 2.45) is 4.99 Å². The van der Waals surface area contributed by atoms with Crippen molar-refractivity contribution in [2.45, 2.75) is 20.5 Å². The van der Waals surface area contributed by atoms with Crippen LogP contribution in [0.3, 0.4) is 0 Å². The van der Waals surface area contributed by atoms with E-state index in [0.717, 1.165) is 33.6 Å². The maximum Gasteiger partial charge on any atom is 0.271 e. The Labute approximate surface area is 226 Å². The minimum Gasteiger partial charge on any atom is -0.489 e. The van der Waals surface area contributed by atoms with Gasteiger partial charge in [-0.15, -0.1) is 0 Å². The fourth-order valence-electron chi connectivity index (χ4n) is 3.93. The number of nitriles is 1. The number of carbonyl (C=O) groups excluding carboxylic acids is 1. The lowest BCUT2D eigenvalue weighted by molar-refractivity contribution is -0.113. The summed E-state index contributed by atoms with van der Waals surface area (Å²) in [6.45, 7) is 4.36. The van der Waals surface area contributed by atoms with E-state index in [2.05, 4.69) is 6.07 Å². The van der Waals surface area contributed by atoms with Crippen molar-refractivity contribution in [3.63, 3.8) is 0 Å². The number of hydrogen-bond donors (Lipinski definition) is 0. The van der Waals surface area contributed by atoms with Crippen molar-refractivity contribution >= 4 is 40.3 Å². The fraction of sp³-hybridized carbons (Fsp3) is 0.0938. The summed E-state index contributed by atoms with van der Waals surface area (Å²) in [5, 5.41) is 9.89. The molecular weight excluding hydrogens is 490 g/mol. The number of nitrogens with zero attached hydrogens (tertiary/aromatic N) is 3. The predicted octanol–water partition coefficient (Wildman–Crippen LogP) is 7.56. The molecule has 6 heteroatoms. The maximum atomic E-state index is 13.5. The molecule has 0 N–H and O–H groups in total. The quantitative estimate of drug-likeness (QED) is 0.249. The number of thioether (sulfide) groups is 1. The van der Waals surface area contributed by atoms with Crippen LogP contribution in [-0.4, -0.2) is 11.1 Å². The van der Waals surface area contributed by atoms with E-state index in [0.29, 0.717) is 28.0 Å². The summed E-state index contributed by atoms with van der Waals surface area (Å²) in [7, 11) is 0. The van der Waals surface area contributed by atoms with Crippen molar-refractivity contribution in [2.75, 3.05) is 4.90 Å². The van der Waals surface area contributed by atoms with Crippen LogP contribution in [-0.2, 0) is 11.4 Å². The molecule has 1 heterocycles. The van der Waals surface area contributed by atoms with Crippen LogP contribution in [0.25, 0.3) is 6.08 Å². The maximum absolute atomic E-state index is 13.5. The van der Waals surface area contributed by atoms with E-state index in [1.807, 2.05) is 111 Å². The Hall–Kier alpha value is -4.60. The summed E-state index contributed by atoms with van der Waals surface area (Å²) in [4.78, 5) is 20.6. The lowest BCUT2D eigenvalue weighted by atomic mass is 10.1. The second-order valence-electron chi connectivity index (χ2n) is 8.94. The molecule has 5 nitrogen and oxygen atoms in total. The zero-order valence-electron chi connectivity index (χ0n) is 21.1. The van der Waals surface area contributed by atoms with E-state index in [9.17, 15) is 10.1 Å². The number of ether oxygens (including phenoxy) is 1. The number of hydrogen-bond acceptors (Lipinski definition) is 5. The van der Waals surface area contributed by atoms with Crippen LogP contribution in [0.4, 0.5) is 11.4 Å². The van der Waals surface area contributed by atoms with Crippen molar-refractivity contribution in [3.8, 4) is 11.8 Å². The number of amides is 1. The second kappa shape index (κ2) is 11.2. The van der Waals surface area contributed by atoms with E-state index >= 15 is 0 Å². The van der Waals surface area contributed by atoms with Crippen LogP contribution in [0.15, 0.2) is 107 Å². The van der Waals surface area contributed by atoms with Crippen LogP contribution in [0.2, 0.25) is 0 Å². The van der Waals surface area contributed by atoms with E-state index in [1.165, 1.54) is 11.8 Å². The van der Waals surface area contributed by atoms with E-state index in [4.69, 9.17) is 9.73 Å². The molecule has 0 spiro atoms. The fourth-order valence-corrected chi connectivity index (χ4v) is 4.93. The molecule has 4 aromatic carbocycles. The molecule has 186 valence electrons. The summed E-state index contributed by atoms with van der Waals surface area (Å²) in [6, 6.07) is 32.9. The molecule has 1 fully saturated rings. The van der Waals surface area contributed by atoms with Gasteiger partial charge >= 0.3 is 0 Å². The highest BCUT2D eigenvalue weighted by molar-refractivity contribution is 8.19. The van der Waals surface area contributed by atoms with Crippen LogP contribution >= 0.6 is 11.8 Å². The standard InChI is InChI=1S/C32H25N3O2S/c1-22-7-13-27(14-8-22)34-32-35(28-15-9-23(2)10-16-28)31(36)30(38-32)19-24-11-17-29(18-12-24)37-21-26-6-4-3-5-25(26)20-33/h3-19H,21H2,1-2H3/b30-19+,34-32?. The Kier molecular flexibility index (Phi) is 7.39. The molecule has 5 rings (SSSR count). The van der Waals surface area contributed by atoms with Gasteiger partial charge in [0.25, 0.3) is 5.91 Å². The normalized spacial score (nSPS) is 15.2. The molecule has 1 aliphatic heterocycles. The van der Waals surface area contributed by atoms with Crippen LogP contribution < -0.4 is 9.64 Å². The van der Waals surface area contributed by atoms with Gasteiger partial charge in [-0.25, -0.2) is 4.99 Å². The van der Waals surface area contributed by atoms with Gasteiger partial charge in [0.1, 0.15) is 12.4 Å². The zero-order chi connectivity index (χ0) is 26.5. The number of aryl methyl sites for hydroxylation is 2. The molecule has 1 saturated heterocycles. The molecule has 0 aromatic heterocycles. The topological polar surface area (TPSA) is 65.7 Å². The van der Waals surface area contributed by atoms with Crippen molar-refractivity contribution in [1.29, 1.82) is 5.26 Å². The van der Waals surface area contributed by atoms with Crippen molar-refractivity contribution < 1.29 is 9.53 Å². The molecular formula is C32H25N3O2S. The van der Waals surface area contributed by atoms with Gasteiger partial charge in [-0.3, -0.25) is 9.69 Å². The number of amidine groups is 1. The van der Waals surface area contributed by atoms with Crippen LogP contribution in [0.5, 0.6) is 5.75 Å². The lowest BCUT2D eigenvalue weighted by Gasteiger charge is -2.16. The SMILES string of the molecule is Cc1ccc(N=C2S/C(=C/c3ccc(OCc4ccccc4C#N)cc3)C(=O)N2c2ccc(C)cc2)cc1. The molecule has 4 aromatic rings. The van der Waals surface area contributed by atoms with Crippen molar-refractivity contribution in [1.82, 2.24) is 0 Å².